The molecule has 0 amide bonds. The van der Waals surface area contributed by atoms with E-state index in [9.17, 15) is 8.42 Å². The number of ether oxygens (including phenoxy) is 1. The average Bonchev–Trinajstić information content (AvgIpc) is 3.02. The predicted molar refractivity (Wildman–Crippen MR) is 88.0 cm³/mol. The SMILES string of the molecule is COc1ccc(S(=O)(=O)NCCc2ccc3nc[nH]c3c2)cc1. The molecule has 0 spiro atoms. The predicted octanol–water partition coefficient (Wildman–Crippen LogP) is 2.09. The van der Waals surface area contributed by atoms with Crippen molar-refractivity contribution in [2.45, 2.75) is 11.3 Å². The fourth-order valence-corrected chi connectivity index (χ4v) is 3.34. The average molecular weight is 331 g/mol. The molecule has 1 aromatic heterocycles. The number of rotatable bonds is 6. The Labute approximate surface area is 134 Å². The number of methoxy groups -OCH3 is 1. The van der Waals surface area contributed by atoms with Gasteiger partial charge in [0.2, 0.25) is 10.0 Å². The van der Waals surface area contributed by atoms with Gasteiger partial charge in [-0.15, -0.1) is 0 Å². The summed E-state index contributed by atoms with van der Waals surface area (Å²) >= 11 is 0. The van der Waals surface area contributed by atoms with Gasteiger partial charge in [-0.2, -0.15) is 0 Å². The van der Waals surface area contributed by atoms with Gasteiger partial charge in [-0.05, 0) is 48.4 Å². The summed E-state index contributed by atoms with van der Waals surface area (Å²) in [6.07, 6.45) is 2.24. The topological polar surface area (TPSA) is 84.1 Å². The third-order valence-electron chi connectivity index (χ3n) is 3.56. The molecular formula is C16H17N3O3S. The van der Waals surface area contributed by atoms with E-state index in [1.807, 2.05) is 18.2 Å². The number of nitrogens with one attached hydrogen (secondary N) is 2. The summed E-state index contributed by atoms with van der Waals surface area (Å²) in [6.45, 7) is 0.327. The lowest BCUT2D eigenvalue weighted by molar-refractivity contribution is 0.414. The number of benzene rings is 2. The highest BCUT2D eigenvalue weighted by atomic mass is 32.2. The van der Waals surface area contributed by atoms with E-state index >= 15 is 0 Å². The summed E-state index contributed by atoms with van der Waals surface area (Å²) < 4.78 is 32.1. The van der Waals surface area contributed by atoms with Gasteiger partial charge in [0, 0.05) is 6.54 Å². The molecule has 3 aromatic rings. The third-order valence-corrected chi connectivity index (χ3v) is 5.04. The van der Waals surface area contributed by atoms with E-state index < -0.39 is 10.0 Å². The summed E-state index contributed by atoms with van der Waals surface area (Å²) in [4.78, 5) is 7.42. The Kier molecular flexibility index (Phi) is 4.31. The molecule has 2 N–H and O–H groups in total. The number of aromatic amines is 1. The molecule has 0 fully saturated rings. The van der Waals surface area contributed by atoms with Gasteiger partial charge >= 0.3 is 0 Å². The minimum atomic E-state index is -3.51. The highest BCUT2D eigenvalue weighted by Gasteiger charge is 2.13. The molecule has 0 radical (unpaired) electrons. The van der Waals surface area contributed by atoms with E-state index in [-0.39, 0.29) is 4.90 Å². The minimum absolute atomic E-state index is 0.224. The van der Waals surface area contributed by atoms with Crippen LogP contribution in [-0.4, -0.2) is 32.0 Å². The first-order chi connectivity index (χ1) is 11.1. The lowest BCUT2D eigenvalue weighted by Gasteiger charge is -2.08. The van der Waals surface area contributed by atoms with Gasteiger partial charge in [-0.25, -0.2) is 18.1 Å². The Morgan fingerprint density at radius 1 is 1.17 bits per heavy atom. The quantitative estimate of drug-likeness (QED) is 0.724. The third kappa shape index (κ3) is 3.52. The number of imidazole rings is 1. The van der Waals surface area contributed by atoms with Crippen LogP contribution in [0, 0.1) is 0 Å². The maximum atomic E-state index is 12.2. The first kappa shape index (κ1) is 15.5. The molecule has 6 nitrogen and oxygen atoms in total. The summed E-state index contributed by atoms with van der Waals surface area (Å²) in [5.74, 6) is 0.622. The first-order valence-electron chi connectivity index (χ1n) is 7.14. The van der Waals surface area contributed by atoms with Crippen LogP contribution in [0.15, 0.2) is 53.7 Å². The van der Waals surface area contributed by atoms with E-state index in [1.54, 1.807) is 18.5 Å². The molecule has 0 saturated carbocycles. The summed E-state index contributed by atoms with van der Waals surface area (Å²) in [6, 6.07) is 12.1. The Morgan fingerprint density at radius 3 is 2.70 bits per heavy atom. The van der Waals surface area contributed by atoms with Crippen LogP contribution < -0.4 is 9.46 Å². The van der Waals surface area contributed by atoms with Gasteiger partial charge in [-0.3, -0.25) is 0 Å². The minimum Gasteiger partial charge on any atom is -0.497 e. The molecule has 0 aliphatic heterocycles. The van der Waals surface area contributed by atoms with Crippen molar-refractivity contribution in [3.8, 4) is 5.75 Å². The van der Waals surface area contributed by atoms with Crippen molar-refractivity contribution in [1.82, 2.24) is 14.7 Å². The van der Waals surface area contributed by atoms with Crippen LogP contribution in [-0.2, 0) is 16.4 Å². The van der Waals surface area contributed by atoms with Crippen LogP contribution in [0.25, 0.3) is 11.0 Å². The van der Waals surface area contributed by atoms with Crippen molar-refractivity contribution in [2.24, 2.45) is 0 Å². The molecule has 0 aliphatic rings. The van der Waals surface area contributed by atoms with E-state index in [4.69, 9.17) is 4.74 Å². The van der Waals surface area contributed by atoms with Crippen molar-refractivity contribution in [3.05, 3.63) is 54.4 Å². The second kappa shape index (κ2) is 6.39. The van der Waals surface area contributed by atoms with E-state index in [0.717, 1.165) is 16.6 Å². The number of sulfonamides is 1. The van der Waals surface area contributed by atoms with Crippen LogP contribution in [0.5, 0.6) is 5.75 Å². The zero-order valence-electron chi connectivity index (χ0n) is 12.6. The largest absolute Gasteiger partial charge is 0.497 e. The number of nitrogens with zero attached hydrogens (tertiary/aromatic N) is 1. The van der Waals surface area contributed by atoms with Crippen LogP contribution in [0.4, 0.5) is 0 Å². The number of H-pyrrole nitrogens is 1. The smallest absolute Gasteiger partial charge is 0.240 e. The summed E-state index contributed by atoms with van der Waals surface area (Å²) in [5, 5.41) is 0. The van der Waals surface area contributed by atoms with Crippen molar-refractivity contribution < 1.29 is 13.2 Å². The van der Waals surface area contributed by atoms with Gasteiger partial charge in [-0.1, -0.05) is 6.07 Å². The van der Waals surface area contributed by atoms with E-state index in [2.05, 4.69) is 14.7 Å². The Morgan fingerprint density at radius 2 is 1.96 bits per heavy atom. The Balaban J connectivity index is 1.64. The zero-order chi connectivity index (χ0) is 16.3. The monoisotopic (exact) mass is 331 g/mol. The first-order valence-corrected chi connectivity index (χ1v) is 8.62. The molecule has 0 aliphatic carbocycles. The molecule has 2 aromatic carbocycles. The van der Waals surface area contributed by atoms with Gasteiger partial charge < -0.3 is 9.72 Å². The van der Waals surface area contributed by atoms with Crippen molar-refractivity contribution in [1.29, 1.82) is 0 Å². The number of fused-ring (bicyclic) bond motifs is 1. The highest BCUT2D eigenvalue weighted by molar-refractivity contribution is 7.89. The molecular weight excluding hydrogens is 314 g/mol. The Bertz CT molecular complexity index is 902. The highest BCUT2D eigenvalue weighted by Crippen LogP contribution is 2.16. The van der Waals surface area contributed by atoms with Crippen LogP contribution >= 0.6 is 0 Å². The van der Waals surface area contributed by atoms with Crippen LogP contribution in [0.3, 0.4) is 0 Å². The van der Waals surface area contributed by atoms with Crippen LogP contribution in [0.2, 0.25) is 0 Å². The maximum absolute atomic E-state index is 12.2. The standard InChI is InChI=1S/C16H17N3O3S/c1-22-13-3-5-14(6-4-13)23(20,21)19-9-8-12-2-7-15-16(10-12)18-11-17-15/h2-7,10-11,19H,8-9H2,1H3,(H,17,18). The van der Waals surface area contributed by atoms with Crippen molar-refractivity contribution >= 4 is 21.1 Å². The van der Waals surface area contributed by atoms with Crippen molar-refractivity contribution in [3.63, 3.8) is 0 Å². The fraction of sp³-hybridized carbons (Fsp3) is 0.188. The molecule has 0 bridgehead atoms. The molecule has 120 valence electrons. The number of hydrogen-bond acceptors (Lipinski definition) is 4. The normalized spacial score (nSPS) is 11.7. The molecule has 3 rings (SSSR count). The summed E-state index contributed by atoms with van der Waals surface area (Å²) in [5.41, 5.74) is 2.88. The maximum Gasteiger partial charge on any atom is 0.240 e. The summed E-state index contributed by atoms with van der Waals surface area (Å²) in [7, 11) is -1.97. The lowest BCUT2D eigenvalue weighted by atomic mass is 10.1. The lowest BCUT2D eigenvalue weighted by Crippen LogP contribution is -2.25. The van der Waals surface area contributed by atoms with Gasteiger partial charge in [0.05, 0.1) is 29.4 Å². The van der Waals surface area contributed by atoms with Gasteiger partial charge in [0.15, 0.2) is 0 Å². The molecule has 7 heteroatoms. The molecule has 1 heterocycles. The number of hydrogen-bond donors (Lipinski definition) is 2. The molecule has 0 atom stereocenters. The van der Waals surface area contributed by atoms with E-state index in [1.165, 1.54) is 19.2 Å². The van der Waals surface area contributed by atoms with Crippen LogP contribution in [0.1, 0.15) is 5.56 Å². The van der Waals surface area contributed by atoms with Crippen molar-refractivity contribution in [2.75, 3.05) is 13.7 Å². The van der Waals surface area contributed by atoms with Gasteiger partial charge in [0.1, 0.15) is 5.75 Å². The van der Waals surface area contributed by atoms with E-state index in [0.29, 0.717) is 18.7 Å². The molecule has 0 unspecified atom stereocenters. The zero-order valence-corrected chi connectivity index (χ0v) is 13.4. The van der Waals surface area contributed by atoms with Gasteiger partial charge in [0.25, 0.3) is 0 Å². The second-order valence-corrected chi connectivity index (χ2v) is 6.84. The Hall–Kier alpha value is -2.38. The fourth-order valence-electron chi connectivity index (χ4n) is 2.31. The second-order valence-electron chi connectivity index (χ2n) is 5.08. The molecule has 23 heavy (non-hydrogen) atoms. The number of aromatic nitrogens is 2. The molecule has 0 saturated heterocycles.